The van der Waals surface area contributed by atoms with E-state index in [1.165, 1.54) is 18.3 Å². The lowest BCUT2D eigenvalue weighted by Crippen LogP contribution is -2.59. The average Bonchev–Trinajstić information content (AvgIpc) is 3.39. The van der Waals surface area contributed by atoms with E-state index in [9.17, 15) is 13.6 Å². The molecule has 2 aliphatic rings. The molecular formula is C21H20F2N6O. The van der Waals surface area contributed by atoms with Crippen LogP contribution < -0.4 is 9.80 Å². The summed E-state index contributed by atoms with van der Waals surface area (Å²) in [5.74, 6) is 0.0328. The molecule has 1 aromatic carbocycles. The second kappa shape index (κ2) is 6.58. The van der Waals surface area contributed by atoms with Crippen LogP contribution in [0.1, 0.15) is 26.2 Å². The van der Waals surface area contributed by atoms with Gasteiger partial charge in [0.25, 0.3) is 5.91 Å². The van der Waals surface area contributed by atoms with Crippen molar-refractivity contribution in [2.45, 2.75) is 31.7 Å². The summed E-state index contributed by atoms with van der Waals surface area (Å²) in [5.41, 5.74) is 0.347. The zero-order chi connectivity index (χ0) is 21.0. The highest BCUT2D eigenvalue weighted by Gasteiger charge is 2.52. The van der Waals surface area contributed by atoms with Gasteiger partial charge in [-0.15, -0.1) is 0 Å². The first kappa shape index (κ1) is 18.7. The Hall–Kier alpha value is -3.36. The predicted molar refractivity (Wildman–Crippen MR) is 108 cm³/mol. The Bertz CT molecular complexity index is 1140. The minimum Gasteiger partial charge on any atom is -0.340 e. The van der Waals surface area contributed by atoms with Crippen molar-refractivity contribution in [1.82, 2.24) is 19.5 Å². The van der Waals surface area contributed by atoms with Crippen molar-refractivity contribution >= 4 is 17.4 Å². The molecule has 0 spiro atoms. The number of hydrogen-bond acceptors (Lipinski definition) is 5. The number of fused-ring (bicyclic) bond motifs is 3. The summed E-state index contributed by atoms with van der Waals surface area (Å²) in [5, 5.41) is 0. The highest BCUT2D eigenvalue weighted by Crippen LogP contribution is 2.45. The Morgan fingerprint density at radius 2 is 1.93 bits per heavy atom. The molecular weight excluding hydrogens is 390 g/mol. The molecule has 0 radical (unpaired) electrons. The molecule has 154 valence electrons. The highest BCUT2D eigenvalue weighted by atomic mass is 19.1. The number of hydrogen-bond donors (Lipinski definition) is 0. The molecule has 0 N–H and O–H groups in total. The molecule has 0 saturated carbocycles. The molecule has 5 rings (SSSR count). The van der Waals surface area contributed by atoms with E-state index in [2.05, 4.69) is 14.9 Å². The van der Waals surface area contributed by atoms with Crippen molar-refractivity contribution < 1.29 is 13.6 Å². The Kier molecular flexibility index (Phi) is 4.09. The van der Waals surface area contributed by atoms with Crippen molar-refractivity contribution in [2.24, 2.45) is 0 Å². The van der Waals surface area contributed by atoms with Crippen LogP contribution in [0.15, 0.2) is 36.8 Å². The SMILES string of the molecule is CCC12CCCN1c1nc(-n3ccnc3-c3cc(F)cc(F)c3)ncc1N(C)C2=O. The van der Waals surface area contributed by atoms with E-state index in [1.807, 2.05) is 6.92 Å². The van der Waals surface area contributed by atoms with Crippen LogP contribution in [0.3, 0.4) is 0 Å². The maximum Gasteiger partial charge on any atom is 0.252 e. The molecule has 2 aromatic heterocycles. The van der Waals surface area contributed by atoms with Crippen LogP contribution in [-0.2, 0) is 4.79 Å². The molecule has 2 aliphatic heterocycles. The number of nitrogens with zero attached hydrogens (tertiary/aromatic N) is 6. The zero-order valence-corrected chi connectivity index (χ0v) is 16.6. The standard InChI is InChI=1S/C21H20F2N6O/c1-3-21-5-4-7-29(21)18-16(27(2)19(21)30)12-25-20(26-18)28-8-6-24-17(28)13-9-14(22)11-15(23)10-13/h6,8-12H,3-5,7H2,1-2H3. The van der Waals surface area contributed by atoms with Gasteiger partial charge in [0.15, 0.2) is 5.82 Å². The first-order valence-corrected chi connectivity index (χ1v) is 9.87. The van der Waals surface area contributed by atoms with Crippen LogP contribution in [0.5, 0.6) is 0 Å². The normalized spacial score (nSPS) is 20.5. The lowest BCUT2D eigenvalue weighted by atomic mass is 9.89. The number of carbonyl (C=O) groups is 1. The molecule has 7 nitrogen and oxygen atoms in total. The smallest absolute Gasteiger partial charge is 0.252 e. The predicted octanol–water partition coefficient (Wildman–Crippen LogP) is 3.33. The molecule has 1 atom stereocenters. The summed E-state index contributed by atoms with van der Waals surface area (Å²) in [6, 6.07) is 3.25. The van der Waals surface area contributed by atoms with E-state index in [-0.39, 0.29) is 11.5 Å². The van der Waals surface area contributed by atoms with Crippen LogP contribution in [0, 0.1) is 11.6 Å². The fourth-order valence-electron chi connectivity index (χ4n) is 4.62. The Morgan fingerprint density at radius 3 is 2.67 bits per heavy atom. The summed E-state index contributed by atoms with van der Waals surface area (Å²) < 4.78 is 29.1. The van der Waals surface area contributed by atoms with Gasteiger partial charge in [-0.25, -0.2) is 18.7 Å². The molecule has 0 bridgehead atoms. The van der Waals surface area contributed by atoms with Crippen molar-refractivity contribution in [3.63, 3.8) is 0 Å². The van der Waals surface area contributed by atoms with Crippen LogP contribution >= 0.6 is 0 Å². The summed E-state index contributed by atoms with van der Waals surface area (Å²) in [7, 11) is 1.75. The van der Waals surface area contributed by atoms with E-state index in [0.717, 1.165) is 25.5 Å². The molecule has 9 heteroatoms. The minimum atomic E-state index is -0.684. The number of amides is 1. The van der Waals surface area contributed by atoms with E-state index < -0.39 is 17.2 Å². The number of rotatable bonds is 3. The average molecular weight is 410 g/mol. The molecule has 1 saturated heterocycles. The number of likely N-dealkylation sites (N-methyl/N-ethyl adjacent to an activating group) is 1. The third-order valence-electron chi connectivity index (χ3n) is 6.11. The van der Waals surface area contributed by atoms with E-state index in [0.29, 0.717) is 29.7 Å². The van der Waals surface area contributed by atoms with E-state index >= 15 is 0 Å². The number of carbonyl (C=O) groups excluding carboxylic acids is 1. The molecule has 3 aromatic rings. The number of benzene rings is 1. The van der Waals surface area contributed by atoms with Gasteiger partial charge >= 0.3 is 0 Å². The monoisotopic (exact) mass is 410 g/mol. The van der Waals surface area contributed by atoms with Crippen LogP contribution in [-0.4, -0.2) is 44.6 Å². The number of aromatic nitrogens is 4. The van der Waals surface area contributed by atoms with Crippen molar-refractivity contribution in [1.29, 1.82) is 0 Å². The number of imidazole rings is 1. The maximum atomic E-state index is 13.7. The largest absolute Gasteiger partial charge is 0.340 e. The van der Waals surface area contributed by atoms with Gasteiger partial charge in [-0.2, -0.15) is 4.98 Å². The van der Waals surface area contributed by atoms with E-state index in [1.54, 1.807) is 28.9 Å². The van der Waals surface area contributed by atoms with Gasteiger partial charge in [-0.3, -0.25) is 9.36 Å². The summed E-state index contributed by atoms with van der Waals surface area (Å²) in [6.45, 7) is 2.76. The Labute approximate surface area is 172 Å². The highest BCUT2D eigenvalue weighted by molar-refractivity contribution is 6.07. The quantitative estimate of drug-likeness (QED) is 0.663. The third kappa shape index (κ3) is 2.54. The van der Waals surface area contributed by atoms with Gasteiger partial charge in [0, 0.05) is 37.6 Å². The lowest BCUT2D eigenvalue weighted by Gasteiger charge is -2.45. The number of anilines is 2. The van der Waals surface area contributed by atoms with Crippen molar-refractivity contribution in [3.8, 4) is 17.3 Å². The summed E-state index contributed by atoms with van der Waals surface area (Å²) in [4.78, 5) is 30.2. The van der Waals surface area contributed by atoms with Gasteiger partial charge in [0.05, 0.1) is 6.20 Å². The van der Waals surface area contributed by atoms with Crippen LogP contribution in [0.4, 0.5) is 20.3 Å². The van der Waals surface area contributed by atoms with Crippen LogP contribution in [0.25, 0.3) is 17.3 Å². The molecule has 4 heterocycles. The lowest BCUT2D eigenvalue weighted by molar-refractivity contribution is -0.123. The zero-order valence-electron chi connectivity index (χ0n) is 16.6. The van der Waals surface area contributed by atoms with Crippen LogP contribution in [0.2, 0.25) is 0 Å². The summed E-state index contributed by atoms with van der Waals surface area (Å²) in [6.07, 6.45) is 7.17. The molecule has 30 heavy (non-hydrogen) atoms. The van der Waals surface area contributed by atoms with Crippen molar-refractivity contribution in [2.75, 3.05) is 23.4 Å². The van der Waals surface area contributed by atoms with Gasteiger partial charge in [0.1, 0.15) is 28.7 Å². The van der Waals surface area contributed by atoms with E-state index in [4.69, 9.17) is 4.98 Å². The number of halogens is 2. The molecule has 1 fully saturated rings. The second-order valence-corrected chi connectivity index (χ2v) is 7.66. The molecule has 1 unspecified atom stereocenters. The fourth-order valence-corrected chi connectivity index (χ4v) is 4.62. The topological polar surface area (TPSA) is 67.2 Å². The maximum absolute atomic E-state index is 13.7. The third-order valence-corrected chi connectivity index (χ3v) is 6.11. The first-order valence-electron chi connectivity index (χ1n) is 9.87. The minimum absolute atomic E-state index is 0.0601. The Morgan fingerprint density at radius 1 is 1.17 bits per heavy atom. The first-order chi connectivity index (χ1) is 14.4. The summed E-state index contributed by atoms with van der Waals surface area (Å²) >= 11 is 0. The van der Waals surface area contributed by atoms with Gasteiger partial charge in [-0.05, 0) is 31.4 Å². The van der Waals surface area contributed by atoms with Crippen molar-refractivity contribution in [3.05, 3.63) is 48.4 Å². The van der Waals surface area contributed by atoms with Gasteiger partial charge in [0.2, 0.25) is 5.95 Å². The molecule has 1 amide bonds. The molecule has 0 aliphatic carbocycles. The fraction of sp³-hybridized carbons (Fsp3) is 0.333. The Balaban J connectivity index is 1.64. The second-order valence-electron chi connectivity index (χ2n) is 7.66. The van der Waals surface area contributed by atoms with Gasteiger partial charge < -0.3 is 9.80 Å². The van der Waals surface area contributed by atoms with Gasteiger partial charge in [-0.1, -0.05) is 6.92 Å².